The molecule has 0 radical (unpaired) electrons. The number of hydrogen-bond donors (Lipinski definition) is 0. The van der Waals surface area contributed by atoms with Crippen molar-refractivity contribution in [1.29, 1.82) is 0 Å². The van der Waals surface area contributed by atoms with E-state index in [9.17, 15) is 0 Å². The van der Waals surface area contributed by atoms with Crippen molar-refractivity contribution in [1.82, 2.24) is 19.1 Å². The summed E-state index contributed by atoms with van der Waals surface area (Å²) in [7, 11) is 0. The monoisotopic (exact) mass is 728 g/mol. The topological polar surface area (TPSA) is 48.8 Å². The summed E-state index contributed by atoms with van der Waals surface area (Å²) in [6.45, 7) is 0. The Kier molecular flexibility index (Phi) is 6.86. The highest BCUT2D eigenvalue weighted by molar-refractivity contribution is 6.19. The van der Waals surface area contributed by atoms with Crippen LogP contribution in [0, 0.1) is 0 Å². The Hall–Kier alpha value is -7.76. The van der Waals surface area contributed by atoms with E-state index in [-0.39, 0.29) is 0 Å². The molecule has 57 heavy (non-hydrogen) atoms. The second kappa shape index (κ2) is 12.4. The van der Waals surface area contributed by atoms with Crippen LogP contribution in [-0.4, -0.2) is 19.1 Å². The smallest absolute Gasteiger partial charge is 0.234 e. The van der Waals surface area contributed by atoms with E-state index >= 15 is 0 Å². The van der Waals surface area contributed by atoms with Crippen molar-refractivity contribution in [2.75, 3.05) is 0 Å². The zero-order valence-electron chi connectivity index (χ0n) is 30.7. The van der Waals surface area contributed by atoms with Gasteiger partial charge in [0.05, 0.1) is 22.1 Å². The summed E-state index contributed by atoms with van der Waals surface area (Å²) in [5.74, 6) is 0.631. The minimum atomic E-state index is 0.631. The molecule has 0 amide bonds. The quantitative estimate of drug-likeness (QED) is 0.177. The molecule has 0 unspecified atom stereocenters. The zero-order valence-corrected chi connectivity index (χ0v) is 30.7. The molecule has 12 aromatic rings. The molecule has 266 valence electrons. The molecule has 12 rings (SSSR count). The van der Waals surface area contributed by atoms with E-state index in [0.717, 1.165) is 88.3 Å². The van der Waals surface area contributed by atoms with Crippen LogP contribution in [-0.2, 0) is 0 Å². The molecule has 5 heteroatoms. The van der Waals surface area contributed by atoms with Crippen molar-refractivity contribution in [3.05, 3.63) is 194 Å². The van der Waals surface area contributed by atoms with E-state index in [1.807, 2.05) is 42.7 Å². The van der Waals surface area contributed by atoms with Crippen molar-refractivity contribution in [2.45, 2.75) is 0 Å². The summed E-state index contributed by atoms with van der Waals surface area (Å²) >= 11 is 0. The SMILES string of the molecule is c1ccc(-c2cnc(-n3c4cc(-c5ccccc5)ccc4c4cc5c6ccccc6n(-c6ccc(-c7cccc8c7oc7ccccc78)cc6)c5cc43)nc2)cc1. The van der Waals surface area contributed by atoms with E-state index in [4.69, 9.17) is 14.4 Å². The molecule has 0 N–H and O–H groups in total. The average molecular weight is 729 g/mol. The molecule has 0 saturated heterocycles. The second-order valence-electron chi connectivity index (χ2n) is 14.6. The Morgan fingerprint density at radius 1 is 0.351 bits per heavy atom. The van der Waals surface area contributed by atoms with Gasteiger partial charge >= 0.3 is 0 Å². The van der Waals surface area contributed by atoms with E-state index in [1.54, 1.807) is 0 Å². The molecule has 0 atom stereocenters. The highest BCUT2D eigenvalue weighted by Gasteiger charge is 2.21. The van der Waals surface area contributed by atoms with Crippen molar-refractivity contribution < 1.29 is 4.42 Å². The van der Waals surface area contributed by atoms with Gasteiger partial charge in [0.15, 0.2) is 0 Å². The zero-order chi connectivity index (χ0) is 37.5. The molecule has 0 aliphatic carbocycles. The molecule has 0 bridgehead atoms. The largest absolute Gasteiger partial charge is 0.455 e. The van der Waals surface area contributed by atoms with E-state index in [1.165, 1.54) is 16.3 Å². The molecule has 0 spiro atoms. The summed E-state index contributed by atoms with van der Waals surface area (Å²) in [5.41, 5.74) is 13.8. The summed E-state index contributed by atoms with van der Waals surface area (Å²) in [4.78, 5) is 10.0. The fourth-order valence-electron chi connectivity index (χ4n) is 8.76. The van der Waals surface area contributed by atoms with Crippen LogP contribution in [0.2, 0.25) is 0 Å². The minimum absolute atomic E-state index is 0.631. The summed E-state index contributed by atoms with van der Waals surface area (Å²) in [6.07, 6.45) is 3.86. The standard InChI is InChI=1S/C52H32N4O/c1-3-12-33(13-4-1)36-24-27-41-45-29-44-40-16-7-9-20-46(40)55(38-25-22-35(23-26-38)39-18-11-19-43-42-17-8-10-21-50(42)57-51(39)43)48(44)30-49(45)56(47(41)28-36)52-53-31-37(32-54-52)34-14-5-2-6-15-34/h1-32H. The maximum Gasteiger partial charge on any atom is 0.234 e. The lowest BCUT2D eigenvalue weighted by Gasteiger charge is -2.11. The first-order chi connectivity index (χ1) is 28.3. The molecule has 0 fully saturated rings. The molecule has 4 heterocycles. The van der Waals surface area contributed by atoms with Gasteiger partial charge in [-0.25, -0.2) is 9.97 Å². The van der Waals surface area contributed by atoms with Crippen LogP contribution in [0.5, 0.6) is 0 Å². The molecule has 0 aliphatic heterocycles. The Bertz CT molecular complexity index is 3490. The third-order valence-electron chi connectivity index (χ3n) is 11.5. The molecule has 5 nitrogen and oxygen atoms in total. The van der Waals surface area contributed by atoms with E-state index < -0.39 is 0 Å². The molecule has 4 aromatic heterocycles. The third-order valence-corrected chi connectivity index (χ3v) is 11.5. The van der Waals surface area contributed by atoms with Crippen LogP contribution < -0.4 is 0 Å². The number of benzene rings is 8. The lowest BCUT2D eigenvalue weighted by molar-refractivity contribution is 0.670. The molecular formula is C52H32N4O. The first-order valence-corrected chi connectivity index (χ1v) is 19.2. The van der Waals surface area contributed by atoms with Crippen molar-refractivity contribution in [3.8, 4) is 45.0 Å². The second-order valence-corrected chi connectivity index (χ2v) is 14.6. The first-order valence-electron chi connectivity index (χ1n) is 19.2. The van der Waals surface area contributed by atoms with Gasteiger partial charge in [-0.2, -0.15) is 0 Å². The molecular weight excluding hydrogens is 697 g/mol. The van der Waals surface area contributed by atoms with Crippen LogP contribution in [0.25, 0.3) is 111 Å². The van der Waals surface area contributed by atoms with E-state index in [0.29, 0.717) is 5.95 Å². The number of aromatic nitrogens is 4. The Balaban J connectivity index is 1.08. The Morgan fingerprint density at radius 2 is 0.947 bits per heavy atom. The van der Waals surface area contributed by atoms with Crippen LogP contribution >= 0.6 is 0 Å². The maximum absolute atomic E-state index is 6.41. The van der Waals surface area contributed by atoms with Gasteiger partial charge in [-0.05, 0) is 64.7 Å². The van der Waals surface area contributed by atoms with Gasteiger partial charge in [-0.3, -0.25) is 4.57 Å². The summed E-state index contributed by atoms with van der Waals surface area (Å²) < 4.78 is 11.0. The highest BCUT2D eigenvalue weighted by atomic mass is 16.3. The average Bonchev–Trinajstić information content (AvgIpc) is 3.93. The Labute approximate surface area is 327 Å². The van der Waals surface area contributed by atoms with Crippen LogP contribution in [0.3, 0.4) is 0 Å². The minimum Gasteiger partial charge on any atom is -0.455 e. The number of fused-ring (bicyclic) bond motifs is 9. The van der Waals surface area contributed by atoms with Gasteiger partial charge in [0.25, 0.3) is 0 Å². The van der Waals surface area contributed by atoms with Crippen LogP contribution in [0.1, 0.15) is 0 Å². The van der Waals surface area contributed by atoms with Gasteiger partial charge in [0.1, 0.15) is 11.2 Å². The first kappa shape index (κ1) is 31.6. The number of furan rings is 1. The molecule has 0 aliphatic rings. The number of nitrogens with zero attached hydrogens (tertiary/aromatic N) is 4. The summed E-state index contributed by atoms with van der Waals surface area (Å²) in [6, 6.07) is 64.5. The summed E-state index contributed by atoms with van der Waals surface area (Å²) in [5, 5.41) is 6.97. The molecule has 0 saturated carbocycles. The van der Waals surface area contributed by atoms with Gasteiger partial charge in [-0.1, -0.05) is 140 Å². The number of rotatable bonds is 5. The van der Waals surface area contributed by atoms with Crippen molar-refractivity contribution in [3.63, 3.8) is 0 Å². The lowest BCUT2D eigenvalue weighted by atomic mass is 10.0. The van der Waals surface area contributed by atoms with Crippen molar-refractivity contribution >= 4 is 65.6 Å². The number of hydrogen-bond acceptors (Lipinski definition) is 3. The fraction of sp³-hybridized carbons (Fsp3) is 0. The lowest BCUT2D eigenvalue weighted by Crippen LogP contribution is -2.01. The van der Waals surface area contributed by atoms with Gasteiger partial charge in [0.2, 0.25) is 5.95 Å². The normalized spacial score (nSPS) is 11.9. The van der Waals surface area contributed by atoms with Crippen molar-refractivity contribution in [2.24, 2.45) is 0 Å². The van der Waals surface area contributed by atoms with Crippen LogP contribution in [0.15, 0.2) is 199 Å². The highest BCUT2D eigenvalue weighted by Crippen LogP contribution is 2.41. The van der Waals surface area contributed by atoms with Gasteiger partial charge < -0.3 is 8.98 Å². The third kappa shape index (κ3) is 4.89. The van der Waals surface area contributed by atoms with Gasteiger partial charge in [0, 0.05) is 61.5 Å². The number of para-hydroxylation sites is 3. The Morgan fingerprint density at radius 3 is 1.72 bits per heavy atom. The predicted molar refractivity (Wildman–Crippen MR) is 234 cm³/mol. The maximum atomic E-state index is 6.41. The van der Waals surface area contributed by atoms with Crippen LogP contribution in [0.4, 0.5) is 0 Å². The van der Waals surface area contributed by atoms with E-state index in [2.05, 4.69) is 161 Å². The predicted octanol–water partition coefficient (Wildman–Crippen LogP) is 13.6. The van der Waals surface area contributed by atoms with Gasteiger partial charge in [-0.15, -0.1) is 0 Å². The fourth-order valence-corrected chi connectivity index (χ4v) is 8.76. The molecule has 8 aromatic carbocycles.